The monoisotopic (exact) mass is 547 g/mol. The van der Waals surface area contributed by atoms with Gasteiger partial charge in [-0.1, -0.05) is 0 Å². The Morgan fingerprint density at radius 1 is 1.03 bits per heavy atom. The second-order valence-electron chi connectivity index (χ2n) is 6.73. The third-order valence-electron chi connectivity index (χ3n) is 4.51. The maximum Gasteiger partial charge on any atom is 0.340 e. The van der Waals surface area contributed by atoms with Crippen LogP contribution >= 0.6 is 15.9 Å². The number of anilines is 2. The summed E-state index contributed by atoms with van der Waals surface area (Å²) in [5.41, 5.74) is 0.00693. The number of benzene rings is 2. The number of methoxy groups -OCH3 is 2. The van der Waals surface area contributed by atoms with E-state index in [9.17, 15) is 24.5 Å². The van der Waals surface area contributed by atoms with Gasteiger partial charge in [0.2, 0.25) is 0 Å². The Kier molecular flexibility index (Phi) is 8.04. The van der Waals surface area contributed by atoms with Crippen molar-refractivity contribution in [3.8, 4) is 11.5 Å². The van der Waals surface area contributed by atoms with Crippen molar-refractivity contribution < 1.29 is 37.9 Å². The molecule has 3 aromatic rings. The number of carbonyl (C=O) groups excluding carboxylic acids is 3. The predicted molar refractivity (Wildman–Crippen MR) is 126 cm³/mol. The van der Waals surface area contributed by atoms with Crippen LogP contribution in [0.1, 0.15) is 20.9 Å². The van der Waals surface area contributed by atoms with E-state index in [2.05, 4.69) is 26.6 Å². The first kappa shape index (κ1) is 25.2. The molecule has 0 radical (unpaired) electrons. The Morgan fingerprint density at radius 3 is 2.34 bits per heavy atom. The number of amides is 2. The summed E-state index contributed by atoms with van der Waals surface area (Å²) in [4.78, 5) is 47.8. The highest BCUT2D eigenvalue weighted by atomic mass is 79.9. The predicted octanol–water partition coefficient (Wildman–Crippen LogP) is 4.02. The van der Waals surface area contributed by atoms with Crippen LogP contribution < -0.4 is 20.1 Å². The summed E-state index contributed by atoms with van der Waals surface area (Å²) >= 11 is 3.14. The molecule has 2 aromatic carbocycles. The zero-order chi connectivity index (χ0) is 25.5. The van der Waals surface area contributed by atoms with Gasteiger partial charge in [-0.25, -0.2) is 4.79 Å². The van der Waals surface area contributed by atoms with Gasteiger partial charge < -0.3 is 29.3 Å². The summed E-state index contributed by atoms with van der Waals surface area (Å²) in [5.74, 6) is -1.83. The van der Waals surface area contributed by atoms with Crippen LogP contribution in [0.2, 0.25) is 0 Å². The Morgan fingerprint density at radius 2 is 1.74 bits per heavy atom. The minimum Gasteiger partial charge on any atom is -0.493 e. The van der Waals surface area contributed by atoms with Gasteiger partial charge in [-0.05, 0) is 34.1 Å². The highest BCUT2D eigenvalue weighted by molar-refractivity contribution is 9.10. The Labute approximate surface area is 206 Å². The number of hydrogen-bond donors (Lipinski definition) is 2. The van der Waals surface area contributed by atoms with E-state index in [4.69, 9.17) is 18.6 Å². The summed E-state index contributed by atoms with van der Waals surface area (Å²) in [5, 5.41) is 15.9. The topological polar surface area (TPSA) is 159 Å². The molecular formula is C22H18BrN3O9. The van der Waals surface area contributed by atoms with E-state index in [-0.39, 0.29) is 44.4 Å². The number of hydrogen-bond acceptors (Lipinski definition) is 9. The number of esters is 1. The second kappa shape index (κ2) is 11.2. The minimum absolute atomic E-state index is 0.00662. The van der Waals surface area contributed by atoms with Crippen LogP contribution in [0, 0.1) is 10.1 Å². The molecule has 0 atom stereocenters. The van der Waals surface area contributed by atoms with Gasteiger partial charge in [0.05, 0.1) is 42.3 Å². The normalized spacial score (nSPS) is 10.3. The lowest BCUT2D eigenvalue weighted by Gasteiger charge is -2.15. The fourth-order valence-corrected chi connectivity index (χ4v) is 3.32. The van der Waals surface area contributed by atoms with Crippen molar-refractivity contribution in [1.82, 2.24) is 0 Å². The molecule has 0 saturated heterocycles. The number of halogens is 1. The molecule has 2 N–H and O–H groups in total. The molecular weight excluding hydrogens is 530 g/mol. The molecule has 35 heavy (non-hydrogen) atoms. The van der Waals surface area contributed by atoms with E-state index in [1.54, 1.807) is 0 Å². The third-order valence-corrected chi connectivity index (χ3v) is 5.16. The average molecular weight is 548 g/mol. The quantitative estimate of drug-likeness (QED) is 0.229. The van der Waals surface area contributed by atoms with E-state index in [0.29, 0.717) is 0 Å². The van der Waals surface area contributed by atoms with Crippen molar-refractivity contribution in [1.29, 1.82) is 0 Å². The Balaban J connectivity index is 1.75. The van der Waals surface area contributed by atoms with Gasteiger partial charge in [0.15, 0.2) is 23.9 Å². The molecule has 2 amide bonds. The first-order valence-electron chi connectivity index (χ1n) is 9.75. The zero-order valence-electron chi connectivity index (χ0n) is 18.3. The summed E-state index contributed by atoms with van der Waals surface area (Å²) < 4.78 is 20.9. The maximum absolute atomic E-state index is 12.8. The second-order valence-corrected chi connectivity index (χ2v) is 7.58. The van der Waals surface area contributed by atoms with Crippen molar-refractivity contribution in [2.45, 2.75) is 0 Å². The van der Waals surface area contributed by atoms with Crippen molar-refractivity contribution in [3.05, 3.63) is 74.6 Å². The smallest absolute Gasteiger partial charge is 0.340 e. The highest BCUT2D eigenvalue weighted by Gasteiger charge is 2.22. The summed E-state index contributed by atoms with van der Waals surface area (Å²) in [6.45, 7) is -0.678. The van der Waals surface area contributed by atoms with Gasteiger partial charge in [-0.2, -0.15) is 0 Å². The summed E-state index contributed by atoms with van der Waals surface area (Å²) in [6, 6.07) is 9.39. The maximum atomic E-state index is 12.8. The molecule has 0 spiro atoms. The van der Waals surface area contributed by atoms with Gasteiger partial charge in [-0.3, -0.25) is 19.7 Å². The number of nitro benzene ring substituents is 1. The molecule has 0 unspecified atom stereocenters. The van der Waals surface area contributed by atoms with Gasteiger partial charge in [-0.15, -0.1) is 0 Å². The number of nitrogens with one attached hydrogen (secondary N) is 2. The number of rotatable bonds is 9. The number of furan rings is 1. The number of carbonyl (C=O) groups is 3. The molecule has 0 aliphatic heterocycles. The van der Waals surface area contributed by atoms with Crippen LogP contribution in [0.3, 0.4) is 0 Å². The lowest BCUT2D eigenvalue weighted by Crippen LogP contribution is -2.22. The lowest BCUT2D eigenvalue weighted by atomic mass is 10.1. The van der Waals surface area contributed by atoms with Gasteiger partial charge >= 0.3 is 5.97 Å². The summed E-state index contributed by atoms with van der Waals surface area (Å²) in [6.07, 6.45) is 1.32. The van der Waals surface area contributed by atoms with E-state index in [1.165, 1.54) is 62.9 Å². The molecule has 0 aliphatic carbocycles. The molecule has 0 saturated carbocycles. The van der Waals surface area contributed by atoms with Crippen molar-refractivity contribution in [2.24, 2.45) is 0 Å². The first-order valence-corrected chi connectivity index (χ1v) is 10.5. The number of ether oxygens (including phenoxy) is 3. The molecule has 13 heteroatoms. The lowest BCUT2D eigenvalue weighted by molar-refractivity contribution is -0.384. The van der Waals surface area contributed by atoms with E-state index >= 15 is 0 Å². The van der Waals surface area contributed by atoms with Crippen LogP contribution in [-0.4, -0.2) is 43.5 Å². The Hall–Kier alpha value is -4.39. The van der Waals surface area contributed by atoms with E-state index < -0.39 is 29.3 Å². The van der Waals surface area contributed by atoms with Crippen LogP contribution in [-0.2, 0) is 9.53 Å². The molecule has 0 aliphatic rings. The summed E-state index contributed by atoms with van der Waals surface area (Å²) in [7, 11) is 2.75. The SMILES string of the molecule is COc1cc(NC(=O)c2ccco2)c(C(=O)OCC(=O)Nc2ccc([N+](=O)[O-])cc2Br)cc1OC. The van der Waals surface area contributed by atoms with Crippen LogP contribution in [0.4, 0.5) is 17.1 Å². The fraction of sp³-hybridized carbons (Fsp3) is 0.136. The van der Waals surface area contributed by atoms with Crippen LogP contribution in [0.15, 0.2) is 57.6 Å². The fourth-order valence-electron chi connectivity index (χ4n) is 2.86. The third kappa shape index (κ3) is 6.14. The van der Waals surface area contributed by atoms with Gasteiger partial charge in [0.1, 0.15) is 0 Å². The molecule has 0 bridgehead atoms. The standard InChI is InChI=1S/C22H18BrN3O9/c1-32-18-9-13(16(10-19(18)33-2)25-21(28)17-4-3-7-34-17)22(29)35-11-20(27)24-15-6-5-12(26(30)31)8-14(15)23/h3-10H,11H2,1-2H3,(H,24,27)(H,25,28). The number of non-ortho nitro benzene ring substituents is 1. The highest BCUT2D eigenvalue weighted by Crippen LogP contribution is 2.34. The number of nitro groups is 1. The molecule has 0 fully saturated rings. The van der Waals surface area contributed by atoms with Gasteiger partial charge in [0, 0.05) is 28.7 Å². The van der Waals surface area contributed by atoms with Crippen LogP contribution in [0.25, 0.3) is 0 Å². The Bertz CT molecular complexity index is 1280. The van der Waals surface area contributed by atoms with Crippen LogP contribution in [0.5, 0.6) is 11.5 Å². The largest absolute Gasteiger partial charge is 0.493 e. The van der Waals surface area contributed by atoms with Crippen molar-refractivity contribution in [2.75, 3.05) is 31.5 Å². The molecule has 182 valence electrons. The zero-order valence-corrected chi connectivity index (χ0v) is 19.9. The average Bonchev–Trinajstić information content (AvgIpc) is 3.38. The van der Waals surface area contributed by atoms with Crippen molar-refractivity contribution >= 4 is 50.8 Å². The number of nitrogens with zero attached hydrogens (tertiary/aromatic N) is 1. The van der Waals surface area contributed by atoms with E-state index in [1.807, 2.05) is 0 Å². The molecule has 1 heterocycles. The van der Waals surface area contributed by atoms with E-state index in [0.717, 1.165) is 0 Å². The van der Waals surface area contributed by atoms with Gasteiger partial charge in [0.25, 0.3) is 17.5 Å². The van der Waals surface area contributed by atoms with Crippen molar-refractivity contribution in [3.63, 3.8) is 0 Å². The molecule has 1 aromatic heterocycles. The first-order chi connectivity index (χ1) is 16.7. The molecule has 3 rings (SSSR count). The minimum atomic E-state index is -0.932. The molecule has 12 nitrogen and oxygen atoms in total.